The van der Waals surface area contributed by atoms with E-state index in [1.807, 2.05) is 24.3 Å². The zero-order valence-corrected chi connectivity index (χ0v) is 14.3. The Morgan fingerprint density at radius 1 is 1.17 bits per heavy atom. The van der Waals surface area contributed by atoms with E-state index < -0.39 is 23.5 Å². The molecule has 23 heavy (non-hydrogen) atoms. The number of carbonyl (C=O) groups is 2. The van der Waals surface area contributed by atoms with E-state index in [0.29, 0.717) is 12.8 Å². The van der Waals surface area contributed by atoms with Crippen LogP contribution in [0.4, 0.5) is 0 Å². The van der Waals surface area contributed by atoms with Crippen molar-refractivity contribution in [2.75, 3.05) is 7.11 Å². The van der Waals surface area contributed by atoms with Crippen molar-refractivity contribution < 1.29 is 24.2 Å². The molecule has 0 bridgehead atoms. The Labute approximate surface area is 137 Å². The Morgan fingerprint density at radius 2 is 1.78 bits per heavy atom. The maximum atomic E-state index is 11.8. The van der Waals surface area contributed by atoms with E-state index in [0.717, 1.165) is 17.7 Å². The second kappa shape index (κ2) is 8.56. The molecule has 0 amide bonds. The lowest BCUT2D eigenvalue weighted by molar-refractivity contribution is -0.160. The van der Waals surface area contributed by atoms with Gasteiger partial charge in [0.05, 0.1) is 19.4 Å². The van der Waals surface area contributed by atoms with Crippen molar-refractivity contribution in [2.45, 2.75) is 52.1 Å². The van der Waals surface area contributed by atoms with Crippen LogP contribution in [-0.4, -0.2) is 29.8 Å². The largest absolute Gasteiger partial charge is 0.497 e. The number of hydrogen-bond acceptors (Lipinski definition) is 4. The highest BCUT2D eigenvalue weighted by molar-refractivity contribution is 5.78. The van der Waals surface area contributed by atoms with Gasteiger partial charge < -0.3 is 14.6 Å². The van der Waals surface area contributed by atoms with Crippen molar-refractivity contribution in [2.24, 2.45) is 5.92 Å². The van der Waals surface area contributed by atoms with Crippen LogP contribution in [0.2, 0.25) is 0 Å². The number of aliphatic carboxylic acids is 1. The summed E-state index contributed by atoms with van der Waals surface area (Å²) in [7, 11) is 1.61. The molecule has 0 radical (unpaired) electrons. The number of hydrogen-bond donors (Lipinski definition) is 1. The van der Waals surface area contributed by atoms with E-state index >= 15 is 0 Å². The van der Waals surface area contributed by atoms with Gasteiger partial charge in [-0.1, -0.05) is 12.1 Å². The van der Waals surface area contributed by atoms with Crippen molar-refractivity contribution in [1.82, 2.24) is 0 Å². The average Bonchev–Trinajstić information content (AvgIpc) is 2.44. The highest BCUT2D eigenvalue weighted by Crippen LogP contribution is 2.19. The van der Waals surface area contributed by atoms with Gasteiger partial charge in [-0.15, -0.1) is 0 Å². The summed E-state index contributed by atoms with van der Waals surface area (Å²) in [5.74, 6) is -1.33. The Morgan fingerprint density at radius 3 is 2.26 bits per heavy atom. The first-order valence-electron chi connectivity index (χ1n) is 7.79. The van der Waals surface area contributed by atoms with Crippen LogP contribution >= 0.6 is 0 Å². The average molecular weight is 322 g/mol. The van der Waals surface area contributed by atoms with Gasteiger partial charge in [0.2, 0.25) is 0 Å². The van der Waals surface area contributed by atoms with Crippen LogP contribution in [0.3, 0.4) is 0 Å². The van der Waals surface area contributed by atoms with Gasteiger partial charge >= 0.3 is 11.9 Å². The van der Waals surface area contributed by atoms with Crippen LogP contribution in [0.5, 0.6) is 5.75 Å². The van der Waals surface area contributed by atoms with E-state index in [-0.39, 0.29) is 6.42 Å². The van der Waals surface area contributed by atoms with Crippen LogP contribution in [0, 0.1) is 5.92 Å². The Kier molecular flexibility index (Phi) is 7.07. The molecule has 128 valence electrons. The second-order valence-electron chi connectivity index (χ2n) is 6.57. The fourth-order valence-corrected chi connectivity index (χ4v) is 2.24. The molecule has 0 spiro atoms. The summed E-state index contributed by atoms with van der Waals surface area (Å²) in [6.07, 6.45) is 1.82. The SMILES string of the molecule is COc1ccc(CCC[C@H](CC(=O)OC(C)(C)C)C(=O)O)cc1. The minimum atomic E-state index is -0.953. The molecule has 0 aromatic heterocycles. The van der Waals surface area contributed by atoms with Gasteiger partial charge in [-0.25, -0.2) is 0 Å². The smallest absolute Gasteiger partial charge is 0.307 e. The topological polar surface area (TPSA) is 72.8 Å². The number of carbonyl (C=O) groups excluding carboxylic acids is 1. The number of aryl methyl sites for hydroxylation is 1. The fourth-order valence-electron chi connectivity index (χ4n) is 2.24. The van der Waals surface area contributed by atoms with E-state index in [4.69, 9.17) is 9.47 Å². The van der Waals surface area contributed by atoms with Gasteiger partial charge in [0.15, 0.2) is 0 Å². The fraction of sp³-hybridized carbons (Fsp3) is 0.556. The van der Waals surface area contributed by atoms with E-state index in [1.54, 1.807) is 27.9 Å². The Bertz CT molecular complexity index is 513. The molecule has 1 aromatic rings. The summed E-state index contributed by atoms with van der Waals surface area (Å²) in [5.41, 5.74) is 0.524. The minimum Gasteiger partial charge on any atom is -0.497 e. The lowest BCUT2D eigenvalue weighted by atomic mass is 9.96. The first-order chi connectivity index (χ1) is 10.7. The highest BCUT2D eigenvalue weighted by Gasteiger charge is 2.24. The van der Waals surface area contributed by atoms with Gasteiger partial charge in [-0.3, -0.25) is 9.59 Å². The molecule has 5 nitrogen and oxygen atoms in total. The molecular formula is C18H26O5. The quantitative estimate of drug-likeness (QED) is 0.742. The number of benzene rings is 1. The Hall–Kier alpha value is -2.04. The van der Waals surface area contributed by atoms with E-state index in [9.17, 15) is 14.7 Å². The lowest BCUT2D eigenvalue weighted by Gasteiger charge is -2.21. The molecule has 0 saturated carbocycles. The monoisotopic (exact) mass is 322 g/mol. The third kappa shape index (κ3) is 7.68. The van der Waals surface area contributed by atoms with Gasteiger partial charge in [-0.05, 0) is 57.7 Å². The number of carboxylic acids is 1. The molecule has 0 saturated heterocycles. The van der Waals surface area contributed by atoms with Gasteiger partial charge in [0, 0.05) is 0 Å². The molecule has 0 heterocycles. The number of esters is 1. The molecule has 0 unspecified atom stereocenters. The van der Waals surface area contributed by atoms with Crippen molar-refractivity contribution in [3.8, 4) is 5.75 Å². The maximum Gasteiger partial charge on any atom is 0.307 e. The molecular weight excluding hydrogens is 296 g/mol. The standard InChI is InChI=1S/C18H26O5/c1-18(2,3)23-16(19)12-14(17(20)21)7-5-6-13-8-10-15(22-4)11-9-13/h8-11,14H,5-7,12H2,1-4H3,(H,20,21)/t14-/m1/s1. The van der Waals surface area contributed by atoms with Crippen molar-refractivity contribution in [1.29, 1.82) is 0 Å². The van der Waals surface area contributed by atoms with Crippen LogP contribution in [0.1, 0.15) is 45.6 Å². The Balaban J connectivity index is 2.46. The van der Waals surface area contributed by atoms with Crippen LogP contribution < -0.4 is 4.74 Å². The molecule has 0 aliphatic rings. The molecule has 0 aliphatic heterocycles. The van der Waals surface area contributed by atoms with Gasteiger partial charge in [0.25, 0.3) is 0 Å². The molecule has 1 N–H and O–H groups in total. The third-order valence-electron chi connectivity index (χ3n) is 3.36. The van der Waals surface area contributed by atoms with Crippen LogP contribution in [0.15, 0.2) is 24.3 Å². The number of methoxy groups -OCH3 is 1. The predicted molar refractivity (Wildman–Crippen MR) is 87.5 cm³/mol. The first kappa shape index (κ1) is 19.0. The summed E-state index contributed by atoms with van der Waals surface area (Å²) in [6, 6.07) is 7.68. The van der Waals surface area contributed by atoms with Crippen molar-refractivity contribution >= 4 is 11.9 Å². The molecule has 0 aliphatic carbocycles. The van der Waals surface area contributed by atoms with Gasteiger partial charge in [-0.2, -0.15) is 0 Å². The van der Waals surface area contributed by atoms with Crippen LogP contribution in [-0.2, 0) is 20.7 Å². The number of carboxylic acid groups (broad SMARTS) is 1. The summed E-state index contributed by atoms with van der Waals surface area (Å²) in [4.78, 5) is 23.1. The highest BCUT2D eigenvalue weighted by atomic mass is 16.6. The molecule has 0 fully saturated rings. The first-order valence-corrected chi connectivity index (χ1v) is 7.79. The van der Waals surface area contributed by atoms with Crippen LogP contribution in [0.25, 0.3) is 0 Å². The lowest BCUT2D eigenvalue weighted by Crippen LogP contribution is -2.27. The minimum absolute atomic E-state index is 0.0881. The summed E-state index contributed by atoms with van der Waals surface area (Å²) >= 11 is 0. The summed E-state index contributed by atoms with van der Waals surface area (Å²) in [6.45, 7) is 5.30. The number of rotatable bonds is 8. The molecule has 1 rings (SSSR count). The molecule has 5 heteroatoms. The van der Waals surface area contributed by atoms with Crippen molar-refractivity contribution in [3.05, 3.63) is 29.8 Å². The third-order valence-corrected chi connectivity index (χ3v) is 3.36. The molecule has 1 atom stereocenters. The predicted octanol–water partition coefficient (Wildman–Crippen LogP) is 3.45. The summed E-state index contributed by atoms with van der Waals surface area (Å²) in [5, 5.41) is 9.26. The van der Waals surface area contributed by atoms with Crippen molar-refractivity contribution in [3.63, 3.8) is 0 Å². The summed E-state index contributed by atoms with van der Waals surface area (Å²) < 4.78 is 10.3. The number of ether oxygens (including phenoxy) is 2. The second-order valence-corrected chi connectivity index (χ2v) is 6.57. The van der Waals surface area contributed by atoms with E-state index in [1.165, 1.54) is 0 Å². The zero-order valence-electron chi connectivity index (χ0n) is 14.3. The normalized spacial score (nSPS) is 12.5. The zero-order chi connectivity index (χ0) is 17.5. The molecule has 1 aromatic carbocycles. The maximum absolute atomic E-state index is 11.8. The van der Waals surface area contributed by atoms with E-state index in [2.05, 4.69) is 0 Å². The van der Waals surface area contributed by atoms with Gasteiger partial charge in [0.1, 0.15) is 11.4 Å².